The maximum Gasteiger partial charge on any atom is 0.351 e. The molecule has 11 heteroatoms. The summed E-state index contributed by atoms with van der Waals surface area (Å²) in [6, 6.07) is 1.54. The van der Waals surface area contributed by atoms with Crippen molar-refractivity contribution in [3.05, 3.63) is 22.7 Å². The summed E-state index contributed by atoms with van der Waals surface area (Å²) < 4.78 is 17.6. The van der Waals surface area contributed by atoms with Crippen molar-refractivity contribution in [3.63, 3.8) is 0 Å². The molecular weight excluding hydrogens is 355 g/mol. The second kappa shape index (κ2) is 9.57. The molecule has 0 saturated carbocycles. The number of hydrogen-bond donors (Lipinski definition) is 3. The number of anilines is 1. The van der Waals surface area contributed by atoms with Gasteiger partial charge < -0.3 is 30.1 Å². The van der Waals surface area contributed by atoms with Gasteiger partial charge in [-0.05, 0) is 51.6 Å². The normalized spacial score (nSPS) is 22.8. The molecule has 0 radical (unpaired) electrons. The Bertz CT molecular complexity index is 627. The van der Waals surface area contributed by atoms with Gasteiger partial charge in [-0.2, -0.15) is 4.98 Å². The number of nitrogens with two attached hydrogens (primary N) is 2. The average molecular weight is 380 g/mol. The Morgan fingerprint density at radius 2 is 2.21 bits per heavy atom. The molecule has 0 amide bonds. The third-order valence-corrected chi connectivity index (χ3v) is 4.75. The van der Waals surface area contributed by atoms with Gasteiger partial charge in [-0.1, -0.05) is 0 Å². The number of hydrogen-bond acceptors (Lipinski definition) is 8. The maximum atomic E-state index is 11.8. The summed E-state index contributed by atoms with van der Waals surface area (Å²) in [5.41, 5.74) is 9.50. The van der Waals surface area contributed by atoms with Crippen LogP contribution >= 0.6 is 6.72 Å². The third-order valence-electron chi connectivity index (χ3n) is 3.01. The van der Waals surface area contributed by atoms with Crippen molar-refractivity contribution in [2.45, 2.75) is 45.1 Å². The molecule has 1 saturated heterocycles. The largest absolute Gasteiger partial charge is 0.383 e. The van der Waals surface area contributed by atoms with Gasteiger partial charge in [-0.25, -0.2) is 4.79 Å². The van der Waals surface area contributed by atoms with Crippen LogP contribution in [0.3, 0.4) is 0 Å². The molecule has 0 bridgehead atoms. The van der Waals surface area contributed by atoms with Gasteiger partial charge in [-0.3, -0.25) is 4.57 Å². The van der Waals surface area contributed by atoms with Gasteiger partial charge in [0.05, 0.1) is 18.8 Å². The second-order valence-electron chi connectivity index (χ2n) is 5.25. The summed E-state index contributed by atoms with van der Waals surface area (Å²) in [6.07, 6.45) is 1.97. The van der Waals surface area contributed by atoms with Crippen molar-refractivity contribution < 1.29 is 18.7 Å². The monoisotopic (exact) mass is 380 g/mol. The summed E-state index contributed by atoms with van der Waals surface area (Å²) >= 11 is 4.90. The van der Waals surface area contributed by atoms with Crippen LogP contribution in [0, 0.1) is 0 Å². The van der Waals surface area contributed by atoms with E-state index in [2.05, 4.69) is 10.7 Å². The summed E-state index contributed by atoms with van der Waals surface area (Å²) in [4.78, 5) is 25.3. The lowest BCUT2D eigenvalue weighted by atomic mass is 10.2. The first-order valence-corrected chi connectivity index (χ1v) is 10.1. The maximum absolute atomic E-state index is 11.8. The lowest BCUT2D eigenvalue weighted by molar-refractivity contribution is -0.0235. The summed E-state index contributed by atoms with van der Waals surface area (Å²) in [7, 11) is 1.50. The zero-order valence-corrected chi connectivity index (χ0v) is 15.7. The highest BCUT2D eigenvalue weighted by molar-refractivity contribution is 8.07. The Labute approximate surface area is 146 Å². The molecule has 3 unspecified atom stereocenters. The SMILES string of the molecule is CC(C)OP(O)(=S)OCC1CCC(n2ccc(N)nc2=O)O1.CN. The van der Waals surface area contributed by atoms with Crippen molar-refractivity contribution in [1.82, 2.24) is 9.55 Å². The van der Waals surface area contributed by atoms with Gasteiger partial charge in [0.25, 0.3) is 0 Å². The highest BCUT2D eigenvalue weighted by atomic mass is 32.5. The molecule has 0 spiro atoms. The standard InChI is InChI=1S/C12H20N3O5PS.CH5N/c1-8(2)20-21(17,22)18-7-9-3-4-11(19-9)15-6-5-10(13)14-12(15)16;1-2/h5-6,8-9,11H,3-4,7H2,1-2H3,(H,17,22)(H2,13,14,16);2H2,1H3. The first kappa shape index (κ1) is 21.2. The molecule has 1 aromatic heterocycles. The fraction of sp³-hybridized carbons (Fsp3) is 0.692. The minimum absolute atomic E-state index is 0.119. The van der Waals surface area contributed by atoms with Crippen LogP contribution in [0.2, 0.25) is 0 Å². The van der Waals surface area contributed by atoms with Crippen LogP contribution in [0.15, 0.2) is 17.1 Å². The molecule has 0 aliphatic carbocycles. The van der Waals surface area contributed by atoms with Crippen molar-refractivity contribution in [2.24, 2.45) is 5.73 Å². The lowest BCUT2D eigenvalue weighted by Crippen LogP contribution is -2.27. The predicted molar refractivity (Wildman–Crippen MR) is 94.8 cm³/mol. The molecule has 9 nitrogen and oxygen atoms in total. The Kier molecular flexibility index (Phi) is 8.44. The zero-order valence-electron chi connectivity index (χ0n) is 14.0. The fourth-order valence-electron chi connectivity index (χ4n) is 2.13. The van der Waals surface area contributed by atoms with Gasteiger partial charge in [0.2, 0.25) is 0 Å². The van der Waals surface area contributed by atoms with Crippen LogP contribution in [0.4, 0.5) is 5.82 Å². The Balaban J connectivity index is 0.00000139. The molecule has 1 aliphatic rings. The Hall–Kier alpha value is -0.870. The first-order chi connectivity index (χ1) is 11.3. The van der Waals surface area contributed by atoms with E-state index in [9.17, 15) is 9.69 Å². The van der Waals surface area contributed by atoms with Gasteiger partial charge >= 0.3 is 12.4 Å². The van der Waals surface area contributed by atoms with E-state index in [4.69, 9.17) is 31.3 Å². The van der Waals surface area contributed by atoms with Crippen molar-refractivity contribution in [1.29, 1.82) is 0 Å². The van der Waals surface area contributed by atoms with Crippen LogP contribution in [0.25, 0.3) is 0 Å². The van der Waals surface area contributed by atoms with Crippen molar-refractivity contribution in [3.8, 4) is 0 Å². The van der Waals surface area contributed by atoms with Gasteiger partial charge in [0.1, 0.15) is 12.0 Å². The zero-order chi connectivity index (χ0) is 18.3. The van der Waals surface area contributed by atoms with Crippen molar-refractivity contribution in [2.75, 3.05) is 19.4 Å². The highest BCUT2D eigenvalue weighted by Gasteiger charge is 2.29. The average Bonchev–Trinajstić information content (AvgIpc) is 2.95. The van der Waals surface area contributed by atoms with Gasteiger partial charge in [-0.15, -0.1) is 0 Å². The molecule has 1 aliphatic heterocycles. The minimum atomic E-state index is -3.25. The molecular formula is C13H25N4O5PS. The minimum Gasteiger partial charge on any atom is -0.383 e. The van der Waals surface area contributed by atoms with E-state index in [1.807, 2.05) is 0 Å². The fourth-order valence-corrected chi connectivity index (χ4v) is 3.78. The van der Waals surface area contributed by atoms with E-state index >= 15 is 0 Å². The lowest BCUT2D eigenvalue weighted by Gasteiger charge is -2.20. The van der Waals surface area contributed by atoms with Crippen LogP contribution in [0.5, 0.6) is 0 Å². The number of nitrogens with zero attached hydrogens (tertiary/aromatic N) is 2. The summed E-state index contributed by atoms with van der Waals surface area (Å²) in [5, 5.41) is 0. The number of ether oxygens (including phenoxy) is 1. The number of nitrogen functional groups attached to an aromatic ring is 1. The number of rotatable bonds is 6. The van der Waals surface area contributed by atoms with Gasteiger partial charge in [0.15, 0.2) is 0 Å². The predicted octanol–water partition coefficient (Wildman–Crippen LogP) is 0.736. The van der Waals surface area contributed by atoms with E-state index in [1.165, 1.54) is 11.6 Å². The van der Waals surface area contributed by atoms with Crippen LogP contribution in [-0.2, 0) is 25.6 Å². The molecule has 2 heterocycles. The third kappa shape index (κ3) is 6.56. The molecule has 5 N–H and O–H groups in total. The van der Waals surface area contributed by atoms with E-state index in [0.29, 0.717) is 12.8 Å². The van der Waals surface area contributed by atoms with E-state index in [-0.39, 0.29) is 24.6 Å². The van der Waals surface area contributed by atoms with Gasteiger partial charge in [0, 0.05) is 6.20 Å². The summed E-state index contributed by atoms with van der Waals surface area (Å²) in [6.45, 7) is 0.400. The molecule has 24 heavy (non-hydrogen) atoms. The molecule has 1 fully saturated rings. The number of aromatic nitrogens is 2. The molecule has 3 atom stereocenters. The first-order valence-electron chi connectivity index (χ1n) is 7.50. The molecule has 1 aromatic rings. The Morgan fingerprint density at radius 3 is 2.79 bits per heavy atom. The highest BCUT2D eigenvalue weighted by Crippen LogP contribution is 2.45. The van der Waals surface area contributed by atoms with Crippen LogP contribution in [0.1, 0.15) is 32.9 Å². The van der Waals surface area contributed by atoms with Crippen molar-refractivity contribution >= 4 is 24.3 Å². The molecule has 2 rings (SSSR count). The van der Waals surface area contributed by atoms with E-state index in [1.54, 1.807) is 26.1 Å². The van der Waals surface area contributed by atoms with E-state index in [0.717, 1.165) is 0 Å². The molecule has 138 valence electrons. The smallest absolute Gasteiger partial charge is 0.351 e. The molecule has 0 aromatic carbocycles. The topological polar surface area (TPSA) is 135 Å². The second-order valence-corrected chi connectivity index (χ2v) is 8.04. The van der Waals surface area contributed by atoms with Crippen LogP contribution in [-0.4, -0.2) is 40.3 Å². The summed E-state index contributed by atoms with van der Waals surface area (Å²) in [5.74, 6) is 0.172. The Morgan fingerprint density at radius 1 is 1.54 bits per heavy atom. The van der Waals surface area contributed by atoms with E-state index < -0.39 is 18.6 Å². The quantitative estimate of drug-likeness (QED) is 0.611. The van der Waals surface area contributed by atoms with Crippen LogP contribution < -0.4 is 17.2 Å².